The molecule has 0 amide bonds. The largest absolute Gasteiger partial charge is 0.359 e. The van der Waals surface area contributed by atoms with Crippen LogP contribution in [0.2, 0.25) is 18.1 Å². The molecule has 0 radical (unpaired) electrons. The molecule has 0 saturated carbocycles. The van der Waals surface area contributed by atoms with E-state index >= 15 is 0 Å². The third-order valence-corrected chi connectivity index (χ3v) is 11.6. The van der Waals surface area contributed by atoms with Gasteiger partial charge in [0.25, 0.3) is 0 Å². The molecule has 0 saturated heterocycles. The van der Waals surface area contributed by atoms with Gasteiger partial charge >= 0.3 is 0 Å². The second-order valence-corrected chi connectivity index (χ2v) is 14.4. The number of hydrogen-bond donors (Lipinski definition) is 0. The molecule has 0 aromatic carbocycles. The first kappa shape index (κ1) is 20.4. The topological polar surface area (TPSA) is 56.5 Å². The van der Waals surface area contributed by atoms with Crippen LogP contribution < -0.4 is 0 Å². The van der Waals surface area contributed by atoms with Crippen LogP contribution in [0, 0.1) is 0 Å². The summed E-state index contributed by atoms with van der Waals surface area (Å²) in [6.45, 7) is 13.9. The number of pyridine rings is 2. The highest BCUT2D eigenvalue weighted by atomic mass is 28.3. The lowest BCUT2D eigenvalue weighted by Crippen LogP contribution is -2.45. The number of aromatic nitrogens is 5. The summed E-state index contributed by atoms with van der Waals surface area (Å²) in [6, 6.07) is 8.26. The SMILES string of the molecule is CCc1nccc(-c2cn([Si](C)(C)C(C)(C)C)c3ncc(-c4cccnc4)cc23)n1. The Bertz CT molecular complexity index is 1190. The molecule has 0 unspecified atom stereocenters. The molecule has 6 heteroatoms. The van der Waals surface area contributed by atoms with Crippen LogP contribution in [0.4, 0.5) is 0 Å². The van der Waals surface area contributed by atoms with Gasteiger partial charge in [-0.3, -0.25) is 4.98 Å². The first-order valence-corrected chi connectivity index (χ1v) is 13.4. The van der Waals surface area contributed by atoms with Crippen LogP contribution in [0.1, 0.15) is 33.5 Å². The summed E-state index contributed by atoms with van der Waals surface area (Å²) in [4.78, 5) is 18.4. The molecule has 154 valence electrons. The molecular weight excluding hydrogens is 386 g/mol. The zero-order chi connectivity index (χ0) is 21.5. The van der Waals surface area contributed by atoms with E-state index in [-0.39, 0.29) is 5.04 Å². The van der Waals surface area contributed by atoms with Crippen LogP contribution in [0.25, 0.3) is 33.4 Å². The van der Waals surface area contributed by atoms with Gasteiger partial charge in [-0.15, -0.1) is 0 Å². The van der Waals surface area contributed by atoms with Gasteiger partial charge in [-0.25, -0.2) is 15.0 Å². The lowest BCUT2D eigenvalue weighted by Gasteiger charge is -2.38. The lowest BCUT2D eigenvalue weighted by molar-refractivity contribution is 0.702. The van der Waals surface area contributed by atoms with Gasteiger partial charge in [-0.2, -0.15) is 0 Å². The summed E-state index contributed by atoms with van der Waals surface area (Å²) < 4.78 is 2.44. The predicted octanol–water partition coefficient (Wildman–Crippen LogP) is 5.97. The number of aryl methyl sites for hydroxylation is 1. The molecule has 4 aromatic heterocycles. The van der Waals surface area contributed by atoms with E-state index in [0.29, 0.717) is 0 Å². The van der Waals surface area contributed by atoms with Crippen molar-refractivity contribution in [2.75, 3.05) is 0 Å². The predicted molar refractivity (Wildman–Crippen MR) is 126 cm³/mol. The second-order valence-electron chi connectivity index (χ2n) is 9.27. The summed E-state index contributed by atoms with van der Waals surface area (Å²) in [5.74, 6) is 0.858. The molecule has 4 rings (SSSR count). The Morgan fingerprint density at radius 2 is 1.80 bits per heavy atom. The molecule has 0 aliphatic heterocycles. The normalized spacial score (nSPS) is 12.5. The molecule has 0 bridgehead atoms. The highest BCUT2D eigenvalue weighted by Gasteiger charge is 2.39. The highest BCUT2D eigenvalue weighted by molar-refractivity contribution is 6.79. The molecule has 5 nitrogen and oxygen atoms in total. The quantitative estimate of drug-likeness (QED) is 0.385. The van der Waals surface area contributed by atoms with Gasteiger partial charge in [0, 0.05) is 59.5 Å². The molecule has 0 atom stereocenters. The van der Waals surface area contributed by atoms with Gasteiger partial charge in [0.05, 0.1) is 5.69 Å². The van der Waals surface area contributed by atoms with Crippen molar-refractivity contribution < 1.29 is 0 Å². The van der Waals surface area contributed by atoms with Crippen molar-refractivity contribution in [3.63, 3.8) is 0 Å². The van der Waals surface area contributed by atoms with Crippen LogP contribution in [0.5, 0.6) is 0 Å². The maximum Gasteiger partial charge on any atom is 0.163 e. The van der Waals surface area contributed by atoms with Crippen LogP contribution in [0.3, 0.4) is 0 Å². The van der Waals surface area contributed by atoms with Crippen LogP contribution in [-0.2, 0) is 6.42 Å². The smallest absolute Gasteiger partial charge is 0.163 e. The van der Waals surface area contributed by atoms with Crippen molar-refractivity contribution in [2.45, 2.75) is 52.2 Å². The van der Waals surface area contributed by atoms with Gasteiger partial charge in [0.15, 0.2) is 8.24 Å². The average molecular weight is 416 g/mol. The standard InChI is InChI=1S/C24H29N5Si/c1-7-22-26-12-10-21(28-22)20-16-29(30(5,6)24(2,3)4)23-19(20)13-18(15-27-23)17-9-8-11-25-14-17/h8-16H,7H2,1-6H3. The lowest BCUT2D eigenvalue weighted by atomic mass is 10.1. The molecule has 0 fully saturated rings. The number of rotatable bonds is 4. The van der Waals surface area contributed by atoms with Crippen LogP contribution in [-0.4, -0.2) is 32.4 Å². The molecule has 0 aliphatic rings. The number of fused-ring (bicyclic) bond motifs is 1. The molecule has 0 spiro atoms. The minimum absolute atomic E-state index is 0.181. The fourth-order valence-corrected chi connectivity index (χ4v) is 5.39. The first-order chi connectivity index (χ1) is 14.2. The Kier molecular flexibility index (Phi) is 5.06. The monoisotopic (exact) mass is 415 g/mol. The van der Waals surface area contributed by atoms with Gasteiger partial charge in [-0.05, 0) is 23.2 Å². The van der Waals surface area contributed by atoms with Crippen molar-refractivity contribution >= 4 is 19.3 Å². The van der Waals surface area contributed by atoms with Gasteiger partial charge < -0.3 is 4.23 Å². The Morgan fingerprint density at radius 3 is 2.47 bits per heavy atom. The fraction of sp³-hybridized carbons (Fsp3) is 0.333. The Morgan fingerprint density at radius 1 is 1.00 bits per heavy atom. The van der Waals surface area contributed by atoms with Gasteiger partial charge in [-0.1, -0.05) is 46.9 Å². The average Bonchev–Trinajstić information content (AvgIpc) is 3.13. The van der Waals surface area contributed by atoms with E-state index in [1.54, 1.807) is 6.20 Å². The fourth-order valence-electron chi connectivity index (χ4n) is 3.51. The van der Waals surface area contributed by atoms with Crippen molar-refractivity contribution in [3.8, 4) is 22.4 Å². The van der Waals surface area contributed by atoms with Gasteiger partial charge in [0.1, 0.15) is 11.5 Å². The zero-order valence-electron chi connectivity index (χ0n) is 18.6. The molecular formula is C24H29N5Si. The maximum absolute atomic E-state index is 4.95. The Balaban J connectivity index is 2.01. The highest BCUT2D eigenvalue weighted by Crippen LogP contribution is 2.41. The number of nitrogens with zero attached hydrogens (tertiary/aromatic N) is 5. The second kappa shape index (κ2) is 7.43. The van der Waals surface area contributed by atoms with E-state index in [9.17, 15) is 0 Å². The molecule has 30 heavy (non-hydrogen) atoms. The summed E-state index contributed by atoms with van der Waals surface area (Å²) >= 11 is 0. The van der Waals surface area contributed by atoms with E-state index in [0.717, 1.165) is 45.7 Å². The zero-order valence-corrected chi connectivity index (χ0v) is 19.6. The molecule has 4 aromatic rings. The van der Waals surface area contributed by atoms with Gasteiger partial charge in [0.2, 0.25) is 0 Å². The van der Waals surface area contributed by atoms with E-state index in [4.69, 9.17) is 9.97 Å². The van der Waals surface area contributed by atoms with E-state index < -0.39 is 8.24 Å². The van der Waals surface area contributed by atoms with E-state index in [1.807, 2.05) is 30.7 Å². The summed E-state index contributed by atoms with van der Waals surface area (Å²) in [6.07, 6.45) is 10.6. The van der Waals surface area contributed by atoms with Crippen LogP contribution in [0.15, 0.2) is 55.2 Å². The summed E-state index contributed by atoms with van der Waals surface area (Å²) in [5, 5.41) is 1.31. The van der Waals surface area contributed by atoms with Crippen molar-refractivity contribution in [1.29, 1.82) is 0 Å². The van der Waals surface area contributed by atoms with E-state index in [1.165, 1.54) is 0 Å². The molecule has 4 heterocycles. The Labute approximate surface area is 179 Å². The van der Waals surface area contributed by atoms with Crippen molar-refractivity contribution in [1.82, 2.24) is 24.2 Å². The van der Waals surface area contributed by atoms with Crippen molar-refractivity contribution in [2.24, 2.45) is 0 Å². The molecule has 0 aliphatic carbocycles. The summed E-state index contributed by atoms with van der Waals surface area (Å²) in [7, 11) is -1.88. The maximum atomic E-state index is 4.95. The number of hydrogen-bond acceptors (Lipinski definition) is 4. The van der Waals surface area contributed by atoms with E-state index in [2.05, 4.69) is 73.3 Å². The Hall–Kier alpha value is -2.86. The first-order valence-electron chi connectivity index (χ1n) is 10.5. The summed E-state index contributed by atoms with van der Waals surface area (Å²) in [5.41, 5.74) is 5.23. The minimum atomic E-state index is -1.88. The van der Waals surface area contributed by atoms with Crippen molar-refractivity contribution in [3.05, 3.63) is 61.1 Å². The van der Waals surface area contributed by atoms with Crippen LogP contribution >= 0.6 is 0 Å². The third kappa shape index (κ3) is 3.45. The third-order valence-electron chi connectivity index (χ3n) is 6.37. The minimum Gasteiger partial charge on any atom is -0.359 e. The molecule has 0 N–H and O–H groups in total.